The van der Waals surface area contributed by atoms with E-state index in [0.717, 1.165) is 56.5 Å². The lowest BCUT2D eigenvalue weighted by Gasteiger charge is -2.21. The third-order valence-corrected chi connectivity index (χ3v) is 4.60. The molecule has 0 atom stereocenters. The number of carboxylic acid groups (broad SMARTS) is 1. The van der Waals surface area contributed by atoms with Crippen molar-refractivity contribution >= 4 is 18.2 Å². The highest BCUT2D eigenvalue weighted by atomic mass is 16.3. The van der Waals surface area contributed by atoms with Gasteiger partial charge in [0.25, 0.3) is 12.4 Å². The fourth-order valence-electron chi connectivity index (χ4n) is 3.07. The molecule has 2 aromatic heterocycles. The second-order valence-corrected chi connectivity index (χ2v) is 6.88. The Kier molecular flexibility index (Phi) is 8.53. The number of hydrogen-bond acceptors (Lipinski definition) is 7. The minimum Gasteiger partial charge on any atom is -0.483 e. The highest BCUT2D eigenvalue weighted by Crippen LogP contribution is 2.13. The Morgan fingerprint density at radius 1 is 1.28 bits per heavy atom. The van der Waals surface area contributed by atoms with Gasteiger partial charge in [0, 0.05) is 52.9 Å². The van der Waals surface area contributed by atoms with Crippen LogP contribution in [0.25, 0.3) is 0 Å². The summed E-state index contributed by atoms with van der Waals surface area (Å²) in [5.41, 5.74) is 0.645. The molecule has 2 aromatic rings. The van der Waals surface area contributed by atoms with Crippen molar-refractivity contribution in [2.24, 2.45) is 0 Å². The zero-order valence-corrected chi connectivity index (χ0v) is 17.2. The normalized spacial score (nSPS) is 14.5. The fourth-order valence-corrected chi connectivity index (χ4v) is 3.07. The second kappa shape index (κ2) is 11.1. The molecule has 0 unspecified atom stereocenters. The van der Waals surface area contributed by atoms with Crippen LogP contribution in [0, 0.1) is 0 Å². The topological polar surface area (TPSA) is 119 Å². The first-order valence-corrected chi connectivity index (χ1v) is 9.61. The molecule has 10 heteroatoms. The number of carbonyl (C=O) groups excluding carboxylic acids is 1. The predicted octanol–water partition coefficient (Wildman–Crippen LogP) is 0.877. The molecule has 1 amide bonds. The third-order valence-electron chi connectivity index (χ3n) is 4.60. The van der Waals surface area contributed by atoms with Crippen LogP contribution in [-0.4, -0.2) is 87.7 Å². The average Bonchev–Trinajstić information content (AvgIpc) is 3.05. The molecule has 2 N–H and O–H groups in total. The molecule has 29 heavy (non-hydrogen) atoms. The van der Waals surface area contributed by atoms with Gasteiger partial charge >= 0.3 is 0 Å². The van der Waals surface area contributed by atoms with Gasteiger partial charge in [-0.05, 0) is 18.6 Å². The fraction of sp³-hybridized carbons (Fsp3) is 0.526. The summed E-state index contributed by atoms with van der Waals surface area (Å²) < 4.78 is 0. The molecule has 0 bridgehead atoms. The van der Waals surface area contributed by atoms with Gasteiger partial charge in [-0.15, -0.1) is 0 Å². The predicted molar refractivity (Wildman–Crippen MR) is 109 cm³/mol. The number of rotatable bonds is 5. The second-order valence-electron chi connectivity index (χ2n) is 6.88. The van der Waals surface area contributed by atoms with Gasteiger partial charge in [0.2, 0.25) is 0 Å². The van der Waals surface area contributed by atoms with E-state index in [1.165, 1.54) is 0 Å². The van der Waals surface area contributed by atoms with Crippen molar-refractivity contribution < 1.29 is 14.7 Å². The first-order valence-electron chi connectivity index (χ1n) is 9.61. The summed E-state index contributed by atoms with van der Waals surface area (Å²) >= 11 is 0. The summed E-state index contributed by atoms with van der Waals surface area (Å²) in [7, 11) is 3.87. The SMILES string of the molecule is CCc1n[nH]c(CN2CCCN(C(=O)c3ccc(N(C)C)nc3)CC2)n1.O=CO. The lowest BCUT2D eigenvalue weighted by Crippen LogP contribution is -2.35. The maximum absolute atomic E-state index is 12.8. The Morgan fingerprint density at radius 2 is 2.03 bits per heavy atom. The summed E-state index contributed by atoms with van der Waals surface area (Å²) in [5, 5.41) is 14.1. The van der Waals surface area contributed by atoms with Crippen LogP contribution in [-0.2, 0) is 17.8 Å². The van der Waals surface area contributed by atoms with Crippen molar-refractivity contribution in [2.45, 2.75) is 26.3 Å². The molecule has 0 radical (unpaired) electrons. The number of nitrogens with one attached hydrogen (secondary N) is 1. The van der Waals surface area contributed by atoms with Gasteiger partial charge in [0.05, 0.1) is 12.1 Å². The molecule has 158 valence electrons. The Hall–Kier alpha value is -3.01. The third kappa shape index (κ3) is 6.53. The van der Waals surface area contributed by atoms with Crippen molar-refractivity contribution in [3.8, 4) is 0 Å². The van der Waals surface area contributed by atoms with Crippen LogP contribution in [0.3, 0.4) is 0 Å². The molecule has 0 spiro atoms. The molecule has 0 aliphatic carbocycles. The van der Waals surface area contributed by atoms with Crippen LogP contribution in [0.1, 0.15) is 35.4 Å². The molecular formula is C19H29N7O3. The minimum atomic E-state index is -0.250. The van der Waals surface area contributed by atoms with Gasteiger partial charge < -0.3 is 14.9 Å². The highest BCUT2D eigenvalue weighted by Gasteiger charge is 2.21. The number of amides is 1. The van der Waals surface area contributed by atoms with Crippen molar-refractivity contribution in [1.29, 1.82) is 0 Å². The zero-order chi connectivity index (χ0) is 21.2. The molecule has 1 aliphatic heterocycles. The Balaban J connectivity index is 0.000000941. The molecule has 0 saturated carbocycles. The van der Waals surface area contributed by atoms with E-state index in [4.69, 9.17) is 9.90 Å². The van der Waals surface area contributed by atoms with Crippen molar-refractivity contribution in [3.63, 3.8) is 0 Å². The Labute approximate surface area is 170 Å². The van der Waals surface area contributed by atoms with Gasteiger partial charge in [-0.25, -0.2) is 9.97 Å². The number of anilines is 1. The van der Waals surface area contributed by atoms with E-state index in [2.05, 4.69) is 25.1 Å². The minimum absolute atomic E-state index is 0.0533. The van der Waals surface area contributed by atoms with Crippen molar-refractivity contribution in [3.05, 3.63) is 35.5 Å². The quantitative estimate of drug-likeness (QED) is 0.706. The number of H-pyrrole nitrogens is 1. The van der Waals surface area contributed by atoms with Crippen LogP contribution in [0.5, 0.6) is 0 Å². The van der Waals surface area contributed by atoms with Crippen LogP contribution in [0.15, 0.2) is 18.3 Å². The van der Waals surface area contributed by atoms with Gasteiger partial charge in [0.1, 0.15) is 17.5 Å². The Bertz CT molecular complexity index is 776. The first-order chi connectivity index (χ1) is 14.0. The average molecular weight is 403 g/mol. The van der Waals surface area contributed by atoms with E-state index in [1.807, 2.05) is 43.0 Å². The number of aryl methyl sites for hydroxylation is 1. The van der Waals surface area contributed by atoms with Crippen LogP contribution in [0.2, 0.25) is 0 Å². The molecule has 1 saturated heterocycles. The summed E-state index contributed by atoms with van der Waals surface area (Å²) in [5.74, 6) is 2.64. The Morgan fingerprint density at radius 3 is 2.62 bits per heavy atom. The number of hydrogen-bond donors (Lipinski definition) is 2. The smallest absolute Gasteiger partial charge is 0.290 e. The number of aromatic nitrogens is 4. The molecular weight excluding hydrogens is 374 g/mol. The summed E-state index contributed by atoms with van der Waals surface area (Å²) in [6.45, 7) is 5.79. The zero-order valence-electron chi connectivity index (χ0n) is 17.2. The van der Waals surface area contributed by atoms with Gasteiger partial charge in [-0.1, -0.05) is 6.92 Å². The van der Waals surface area contributed by atoms with Gasteiger partial charge in [-0.2, -0.15) is 5.10 Å². The molecule has 1 fully saturated rings. The van der Waals surface area contributed by atoms with E-state index in [9.17, 15) is 4.79 Å². The summed E-state index contributed by atoms with van der Waals surface area (Å²) in [6, 6.07) is 3.74. The standard InChI is InChI=1S/C18H27N7O.CH2O2/c1-4-15-20-16(22-21-15)13-24-8-5-9-25(11-10-24)18(26)14-6-7-17(19-12-14)23(2)3;2-1-3/h6-7,12H,4-5,8-11,13H2,1-3H3,(H,20,21,22);1H,(H,2,3). The largest absolute Gasteiger partial charge is 0.483 e. The van der Waals surface area contributed by atoms with Crippen LogP contribution >= 0.6 is 0 Å². The lowest BCUT2D eigenvalue weighted by molar-refractivity contribution is -0.122. The highest BCUT2D eigenvalue weighted by molar-refractivity contribution is 5.94. The lowest BCUT2D eigenvalue weighted by atomic mass is 10.2. The first kappa shape index (κ1) is 22.3. The van der Waals surface area contributed by atoms with E-state index < -0.39 is 0 Å². The van der Waals surface area contributed by atoms with Gasteiger partial charge in [0.15, 0.2) is 0 Å². The molecule has 10 nitrogen and oxygen atoms in total. The van der Waals surface area contributed by atoms with E-state index in [0.29, 0.717) is 12.1 Å². The maximum atomic E-state index is 12.8. The number of aromatic amines is 1. The molecule has 3 heterocycles. The molecule has 3 rings (SSSR count). The molecule has 0 aromatic carbocycles. The maximum Gasteiger partial charge on any atom is 0.290 e. The monoisotopic (exact) mass is 403 g/mol. The summed E-state index contributed by atoms with van der Waals surface area (Å²) in [4.78, 5) is 36.1. The number of nitrogens with zero attached hydrogens (tertiary/aromatic N) is 6. The van der Waals surface area contributed by atoms with Crippen LogP contribution < -0.4 is 4.90 Å². The number of pyridine rings is 1. The number of carbonyl (C=O) groups is 2. The molecule has 1 aliphatic rings. The van der Waals surface area contributed by atoms with Gasteiger partial charge in [-0.3, -0.25) is 19.6 Å². The van der Waals surface area contributed by atoms with Crippen molar-refractivity contribution in [2.75, 3.05) is 45.2 Å². The van der Waals surface area contributed by atoms with Crippen LogP contribution in [0.4, 0.5) is 5.82 Å². The summed E-state index contributed by atoms with van der Waals surface area (Å²) in [6.07, 6.45) is 3.45. The van der Waals surface area contributed by atoms with E-state index in [-0.39, 0.29) is 12.4 Å². The van der Waals surface area contributed by atoms with Crippen molar-refractivity contribution in [1.82, 2.24) is 30.0 Å². The van der Waals surface area contributed by atoms with E-state index >= 15 is 0 Å². The van der Waals surface area contributed by atoms with E-state index in [1.54, 1.807) is 6.20 Å².